The molecule has 3 rings (SSSR count). The van der Waals surface area contributed by atoms with Crippen LogP contribution in [0.5, 0.6) is 0 Å². The lowest BCUT2D eigenvalue weighted by atomic mass is 10.1. The highest BCUT2D eigenvalue weighted by molar-refractivity contribution is 9.11. The molecule has 0 aliphatic carbocycles. The molecule has 1 aromatic carbocycles. The number of benzene rings is 1. The number of amides is 1. The number of hydrogen-bond donors (Lipinski definition) is 1. The van der Waals surface area contributed by atoms with Gasteiger partial charge in [-0.25, -0.2) is 0 Å². The van der Waals surface area contributed by atoms with Gasteiger partial charge in [0.1, 0.15) is 0 Å². The van der Waals surface area contributed by atoms with Crippen molar-refractivity contribution in [2.75, 3.05) is 31.9 Å². The van der Waals surface area contributed by atoms with E-state index in [0.717, 1.165) is 44.0 Å². The number of carbonyl (C=O) groups excluding carboxylic acids is 1. The lowest BCUT2D eigenvalue weighted by Crippen LogP contribution is -2.48. The minimum absolute atomic E-state index is 0.202. The molecule has 2 heterocycles. The molecule has 0 saturated carbocycles. The monoisotopic (exact) mass is 393 g/mol. The molecule has 1 amide bonds. The number of piperazine rings is 1. The topological polar surface area (TPSA) is 49.6 Å². The Kier molecular flexibility index (Phi) is 5.35. The zero-order chi connectivity index (χ0) is 16.2. The van der Waals surface area contributed by atoms with Gasteiger partial charge in [-0.1, -0.05) is 12.1 Å². The van der Waals surface area contributed by atoms with Gasteiger partial charge in [-0.3, -0.25) is 9.69 Å². The van der Waals surface area contributed by atoms with Crippen LogP contribution < -0.4 is 5.73 Å². The summed E-state index contributed by atoms with van der Waals surface area (Å²) in [4.78, 5) is 18.1. The van der Waals surface area contributed by atoms with Crippen molar-refractivity contribution in [1.29, 1.82) is 0 Å². The van der Waals surface area contributed by atoms with Crippen LogP contribution in [0.25, 0.3) is 0 Å². The van der Waals surface area contributed by atoms with Crippen LogP contribution in [0.1, 0.15) is 10.4 Å². The van der Waals surface area contributed by atoms with Crippen molar-refractivity contribution in [3.8, 4) is 0 Å². The fourth-order valence-corrected chi connectivity index (χ4v) is 4.26. The highest BCUT2D eigenvalue weighted by Crippen LogP contribution is 2.23. The second-order valence-corrected chi connectivity index (χ2v) is 8.33. The van der Waals surface area contributed by atoms with Crippen molar-refractivity contribution < 1.29 is 4.79 Å². The summed E-state index contributed by atoms with van der Waals surface area (Å²) in [5.74, 6) is 0.202. The molecule has 2 aromatic rings. The van der Waals surface area contributed by atoms with Crippen LogP contribution in [0.3, 0.4) is 0 Å². The standard InChI is InChI=1S/C17H20BrN3OS/c18-16-6-5-15(23-16)12-20-7-9-21(10-8-20)17(22)11-13-1-3-14(19)4-2-13/h1-6H,7-12,19H2. The van der Waals surface area contributed by atoms with E-state index in [1.807, 2.05) is 29.2 Å². The molecule has 1 aliphatic rings. The Bertz CT molecular complexity index is 663. The summed E-state index contributed by atoms with van der Waals surface area (Å²) >= 11 is 5.28. The highest BCUT2D eigenvalue weighted by Gasteiger charge is 2.21. The van der Waals surface area contributed by atoms with Crippen LogP contribution in [0.15, 0.2) is 40.2 Å². The number of anilines is 1. The number of halogens is 1. The summed E-state index contributed by atoms with van der Waals surface area (Å²) in [6, 6.07) is 11.8. The maximum Gasteiger partial charge on any atom is 0.227 e. The molecule has 2 N–H and O–H groups in total. The predicted octanol–water partition coefficient (Wildman–Crippen LogP) is 2.98. The number of nitrogens with zero attached hydrogens (tertiary/aromatic N) is 2. The first-order valence-corrected chi connectivity index (χ1v) is 9.30. The zero-order valence-electron chi connectivity index (χ0n) is 12.9. The molecule has 0 bridgehead atoms. The normalized spacial score (nSPS) is 15.8. The van der Waals surface area contributed by atoms with Gasteiger partial charge < -0.3 is 10.6 Å². The molecule has 4 nitrogen and oxygen atoms in total. The van der Waals surface area contributed by atoms with Crippen LogP contribution in [0.4, 0.5) is 5.69 Å². The number of thiophene rings is 1. The molecular weight excluding hydrogens is 374 g/mol. The quantitative estimate of drug-likeness (QED) is 0.812. The Morgan fingerprint density at radius 3 is 2.39 bits per heavy atom. The third kappa shape index (κ3) is 4.56. The fraction of sp³-hybridized carbons (Fsp3) is 0.353. The van der Waals surface area contributed by atoms with Crippen LogP contribution in [0.2, 0.25) is 0 Å². The largest absolute Gasteiger partial charge is 0.399 e. The zero-order valence-corrected chi connectivity index (χ0v) is 15.3. The molecule has 0 atom stereocenters. The van der Waals surface area contributed by atoms with E-state index in [4.69, 9.17) is 5.73 Å². The average Bonchev–Trinajstić information content (AvgIpc) is 2.95. The van der Waals surface area contributed by atoms with Gasteiger partial charge in [0.2, 0.25) is 5.91 Å². The molecule has 1 saturated heterocycles. The van der Waals surface area contributed by atoms with Crippen molar-refractivity contribution in [3.63, 3.8) is 0 Å². The molecule has 0 unspecified atom stereocenters. The summed E-state index contributed by atoms with van der Waals surface area (Å²) in [6.45, 7) is 4.45. The van der Waals surface area contributed by atoms with E-state index in [0.29, 0.717) is 6.42 Å². The first-order valence-electron chi connectivity index (χ1n) is 7.69. The number of nitrogens with two attached hydrogens (primary N) is 1. The number of rotatable bonds is 4. The van der Waals surface area contributed by atoms with E-state index >= 15 is 0 Å². The molecule has 0 radical (unpaired) electrons. The van der Waals surface area contributed by atoms with Crippen molar-refractivity contribution >= 4 is 38.9 Å². The third-order valence-electron chi connectivity index (χ3n) is 4.07. The second-order valence-electron chi connectivity index (χ2n) is 5.78. The van der Waals surface area contributed by atoms with Gasteiger partial charge in [0, 0.05) is 43.3 Å². The van der Waals surface area contributed by atoms with Gasteiger partial charge in [0.05, 0.1) is 10.2 Å². The van der Waals surface area contributed by atoms with Crippen LogP contribution in [-0.2, 0) is 17.8 Å². The van der Waals surface area contributed by atoms with E-state index in [2.05, 4.69) is 33.0 Å². The first-order chi connectivity index (χ1) is 11.1. The summed E-state index contributed by atoms with van der Waals surface area (Å²) in [6.07, 6.45) is 0.456. The van der Waals surface area contributed by atoms with E-state index in [1.54, 1.807) is 11.3 Å². The Morgan fingerprint density at radius 1 is 1.09 bits per heavy atom. The van der Waals surface area contributed by atoms with Crippen LogP contribution in [0, 0.1) is 0 Å². The minimum Gasteiger partial charge on any atom is -0.399 e. The van der Waals surface area contributed by atoms with Crippen molar-refractivity contribution in [2.24, 2.45) is 0 Å². The summed E-state index contributed by atoms with van der Waals surface area (Å²) in [5.41, 5.74) is 7.43. The third-order valence-corrected chi connectivity index (χ3v) is 5.68. The van der Waals surface area contributed by atoms with Crippen LogP contribution in [-0.4, -0.2) is 41.9 Å². The van der Waals surface area contributed by atoms with Gasteiger partial charge in [-0.15, -0.1) is 11.3 Å². The minimum atomic E-state index is 0.202. The summed E-state index contributed by atoms with van der Waals surface area (Å²) in [5, 5.41) is 0. The van der Waals surface area contributed by atoms with Gasteiger partial charge >= 0.3 is 0 Å². The Balaban J connectivity index is 1.48. The average molecular weight is 394 g/mol. The number of carbonyl (C=O) groups is 1. The molecule has 122 valence electrons. The summed E-state index contributed by atoms with van der Waals surface area (Å²) in [7, 11) is 0. The van der Waals surface area contributed by atoms with E-state index < -0.39 is 0 Å². The second kappa shape index (κ2) is 7.47. The number of hydrogen-bond acceptors (Lipinski definition) is 4. The fourth-order valence-electron chi connectivity index (χ4n) is 2.73. The maximum absolute atomic E-state index is 12.4. The molecule has 1 aliphatic heterocycles. The van der Waals surface area contributed by atoms with Gasteiger partial charge in [0.25, 0.3) is 0 Å². The molecule has 1 fully saturated rings. The van der Waals surface area contributed by atoms with Gasteiger partial charge in [0.15, 0.2) is 0 Å². The smallest absolute Gasteiger partial charge is 0.227 e. The SMILES string of the molecule is Nc1ccc(CC(=O)N2CCN(Cc3ccc(Br)s3)CC2)cc1. The van der Waals surface area contributed by atoms with E-state index in [9.17, 15) is 4.79 Å². The molecule has 0 spiro atoms. The highest BCUT2D eigenvalue weighted by atomic mass is 79.9. The Morgan fingerprint density at radius 2 is 1.78 bits per heavy atom. The predicted molar refractivity (Wildman–Crippen MR) is 98.4 cm³/mol. The van der Waals surface area contributed by atoms with E-state index in [-0.39, 0.29) is 5.91 Å². The van der Waals surface area contributed by atoms with Gasteiger partial charge in [-0.05, 0) is 45.8 Å². The number of nitrogen functional groups attached to an aromatic ring is 1. The lowest BCUT2D eigenvalue weighted by molar-refractivity contribution is -0.132. The summed E-state index contributed by atoms with van der Waals surface area (Å²) < 4.78 is 1.17. The molecule has 23 heavy (non-hydrogen) atoms. The van der Waals surface area contributed by atoms with Crippen molar-refractivity contribution in [2.45, 2.75) is 13.0 Å². The molecular formula is C17H20BrN3OS. The first kappa shape index (κ1) is 16.5. The molecule has 6 heteroatoms. The Hall–Kier alpha value is -1.37. The lowest BCUT2D eigenvalue weighted by Gasteiger charge is -2.34. The van der Waals surface area contributed by atoms with E-state index in [1.165, 1.54) is 8.66 Å². The van der Waals surface area contributed by atoms with Crippen molar-refractivity contribution in [3.05, 3.63) is 50.6 Å². The molecule has 1 aromatic heterocycles. The maximum atomic E-state index is 12.4. The van der Waals surface area contributed by atoms with Gasteiger partial charge in [-0.2, -0.15) is 0 Å². The Labute approximate surface area is 149 Å². The van der Waals surface area contributed by atoms with Crippen LogP contribution >= 0.6 is 27.3 Å². The van der Waals surface area contributed by atoms with Crippen molar-refractivity contribution in [1.82, 2.24) is 9.80 Å².